The third-order valence-electron chi connectivity index (χ3n) is 2.31. The van der Waals surface area contributed by atoms with Gasteiger partial charge in [-0.25, -0.2) is 0 Å². The van der Waals surface area contributed by atoms with Crippen molar-refractivity contribution in [1.29, 1.82) is 5.26 Å². The summed E-state index contributed by atoms with van der Waals surface area (Å²) in [6.07, 6.45) is 3.07. The molecule has 1 aromatic heterocycles. The maximum atomic E-state index is 11.8. The first-order valence-electron chi connectivity index (χ1n) is 5.10. The van der Waals surface area contributed by atoms with Crippen molar-refractivity contribution in [2.24, 2.45) is 7.05 Å². The number of aryl methyl sites for hydroxylation is 1. The highest BCUT2D eigenvalue weighted by Crippen LogP contribution is 2.23. The molecule has 0 spiro atoms. The van der Waals surface area contributed by atoms with Crippen molar-refractivity contribution in [3.63, 3.8) is 0 Å². The Kier molecular flexibility index (Phi) is 3.31. The van der Waals surface area contributed by atoms with Gasteiger partial charge in [-0.15, -0.1) is 0 Å². The molecule has 1 heterocycles. The van der Waals surface area contributed by atoms with Crippen LogP contribution < -0.4 is 5.32 Å². The quantitative estimate of drug-likeness (QED) is 0.900. The lowest BCUT2D eigenvalue weighted by Crippen LogP contribution is -2.11. The fourth-order valence-corrected chi connectivity index (χ4v) is 1.65. The van der Waals surface area contributed by atoms with Gasteiger partial charge in [0.25, 0.3) is 5.91 Å². The molecule has 0 atom stereocenters. The highest BCUT2D eigenvalue weighted by Gasteiger charge is 2.10. The van der Waals surface area contributed by atoms with E-state index in [1.54, 1.807) is 25.4 Å². The summed E-state index contributed by atoms with van der Waals surface area (Å²) in [5.74, 6) is -0.297. The topological polar surface area (TPSA) is 70.7 Å². The Balaban J connectivity index is 2.20. The van der Waals surface area contributed by atoms with E-state index in [1.165, 1.54) is 16.9 Å². The molecule has 90 valence electrons. The van der Waals surface area contributed by atoms with Gasteiger partial charge in [0.15, 0.2) is 0 Å². The number of halogens is 1. The number of carbonyl (C=O) groups excluding carboxylic acids is 1. The molecule has 0 unspecified atom stereocenters. The van der Waals surface area contributed by atoms with E-state index in [0.717, 1.165) is 0 Å². The zero-order valence-electron chi connectivity index (χ0n) is 9.51. The molecular formula is C12H9ClN4O. The summed E-state index contributed by atoms with van der Waals surface area (Å²) in [7, 11) is 1.73. The Morgan fingerprint density at radius 3 is 2.89 bits per heavy atom. The van der Waals surface area contributed by atoms with Gasteiger partial charge in [0.2, 0.25) is 0 Å². The molecule has 0 radical (unpaired) electrons. The van der Waals surface area contributed by atoms with E-state index >= 15 is 0 Å². The number of hydrogen-bond donors (Lipinski definition) is 1. The minimum atomic E-state index is -0.297. The molecule has 2 aromatic rings. The van der Waals surface area contributed by atoms with Gasteiger partial charge < -0.3 is 5.32 Å². The first-order chi connectivity index (χ1) is 8.60. The zero-order valence-corrected chi connectivity index (χ0v) is 10.3. The largest absolute Gasteiger partial charge is 0.321 e. The number of nitrogens with one attached hydrogen (secondary N) is 1. The van der Waals surface area contributed by atoms with E-state index in [-0.39, 0.29) is 5.91 Å². The third kappa shape index (κ3) is 2.50. The fraction of sp³-hybridized carbons (Fsp3) is 0.0833. The zero-order chi connectivity index (χ0) is 13.1. The average molecular weight is 261 g/mol. The second kappa shape index (κ2) is 4.90. The van der Waals surface area contributed by atoms with Crippen molar-refractivity contribution in [2.45, 2.75) is 0 Å². The van der Waals surface area contributed by atoms with Gasteiger partial charge in [0, 0.05) is 13.2 Å². The van der Waals surface area contributed by atoms with Crippen molar-refractivity contribution in [3.05, 3.63) is 46.7 Å². The van der Waals surface area contributed by atoms with E-state index in [1.807, 2.05) is 6.07 Å². The van der Waals surface area contributed by atoms with Crippen molar-refractivity contribution >= 4 is 23.2 Å². The molecule has 5 nitrogen and oxygen atoms in total. The van der Waals surface area contributed by atoms with Crippen LogP contribution in [0.1, 0.15) is 15.9 Å². The summed E-state index contributed by atoms with van der Waals surface area (Å²) in [5, 5.41) is 15.6. The molecule has 2 rings (SSSR count). The fourth-order valence-electron chi connectivity index (χ4n) is 1.42. The maximum absolute atomic E-state index is 11.8. The van der Waals surface area contributed by atoms with E-state index in [9.17, 15) is 4.79 Å². The molecule has 0 aliphatic heterocycles. The predicted molar refractivity (Wildman–Crippen MR) is 67.3 cm³/mol. The molecule has 0 aliphatic carbocycles. The van der Waals surface area contributed by atoms with Gasteiger partial charge in [0.05, 0.1) is 34.1 Å². The number of hydrogen-bond acceptors (Lipinski definition) is 3. The number of nitrogens with zero attached hydrogens (tertiary/aromatic N) is 3. The first-order valence-corrected chi connectivity index (χ1v) is 5.47. The van der Waals surface area contributed by atoms with Gasteiger partial charge >= 0.3 is 0 Å². The van der Waals surface area contributed by atoms with Crippen LogP contribution in [0.3, 0.4) is 0 Å². The van der Waals surface area contributed by atoms with Gasteiger partial charge in [-0.05, 0) is 18.2 Å². The molecule has 1 aromatic carbocycles. The number of aromatic nitrogens is 2. The van der Waals surface area contributed by atoms with E-state index in [0.29, 0.717) is 21.8 Å². The number of rotatable bonds is 2. The highest BCUT2D eigenvalue weighted by molar-refractivity contribution is 6.34. The Hall–Kier alpha value is -2.32. The molecule has 1 N–H and O–H groups in total. The monoisotopic (exact) mass is 260 g/mol. The van der Waals surface area contributed by atoms with E-state index < -0.39 is 0 Å². The standard InChI is InChI=1S/C12H9ClN4O/c1-17-7-9(6-15-17)12(18)16-11-3-2-8(5-14)4-10(11)13/h2-4,6-7H,1H3,(H,16,18). The summed E-state index contributed by atoms with van der Waals surface area (Å²) >= 11 is 5.96. The van der Waals surface area contributed by atoms with Crippen molar-refractivity contribution < 1.29 is 4.79 Å². The van der Waals surface area contributed by atoms with Gasteiger partial charge in [-0.2, -0.15) is 10.4 Å². The van der Waals surface area contributed by atoms with E-state index in [2.05, 4.69) is 10.4 Å². The Labute approximate surface area is 109 Å². The van der Waals surface area contributed by atoms with Gasteiger partial charge in [-0.1, -0.05) is 11.6 Å². The van der Waals surface area contributed by atoms with Crippen LogP contribution in [0.2, 0.25) is 5.02 Å². The second-order valence-electron chi connectivity index (χ2n) is 3.66. The van der Waals surface area contributed by atoms with Crippen molar-refractivity contribution in [2.75, 3.05) is 5.32 Å². The molecule has 0 saturated heterocycles. The smallest absolute Gasteiger partial charge is 0.258 e. The summed E-state index contributed by atoms with van der Waals surface area (Å²) in [5.41, 5.74) is 1.35. The molecule has 6 heteroatoms. The second-order valence-corrected chi connectivity index (χ2v) is 4.07. The van der Waals surface area contributed by atoms with E-state index in [4.69, 9.17) is 16.9 Å². The normalized spacial score (nSPS) is 9.83. The van der Waals surface area contributed by atoms with Crippen LogP contribution in [-0.2, 0) is 7.05 Å². The Bertz CT molecular complexity index is 642. The molecule has 0 fully saturated rings. The summed E-state index contributed by atoms with van der Waals surface area (Å²) in [4.78, 5) is 11.8. The number of nitriles is 1. The van der Waals surface area contributed by atoms with Gasteiger partial charge in [-0.3, -0.25) is 9.48 Å². The van der Waals surface area contributed by atoms with Crippen molar-refractivity contribution in [3.8, 4) is 6.07 Å². The van der Waals surface area contributed by atoms with Gasteiger partial charge in [0.1, 0.15) is 0 Å². The first kappa shape index (κ1) is 12.1. The maximum Gasteiger partial charge on any atom is 0.258 e. The lowest BCUT2D eigenvalue weighted by molar-refractivity contribution is 0.102. The number of carbonyl (C=O) groups is 1. The Morgan fingerprint density at radius 2 is 2.33 bits per heavy atom. The van der Waals surface area contributed by atoms with Crippen LogP contribution in [-0.4, -0.2) is 15.7 Å². The number of benzene rings is 1. The summed E-state index contributed by atoms with van der Waals surface area (Å²) in [6.45, 7) is 0. The van der Waals surface area contributed by atoms with Crippen LogP contribution in [0, 0.1) is 11.3 Å². The SMILES string of the molecule is Cn1cc(C(=O)Nc2ccc(C#N)cc2Cl)cn1. The molecule has 0 saturated carbocycles. The number of anilines is 1. The number of amides is 1. The minimum Gasteiger partial charge on any atom is -0.321 e. The lowest BCUT2D eigenvalue weighted by Gasteiger charge is -2.05. The van der Waals surface area contributed by atoms with Crippen LogP contribution in [0.25, 0.3) is 0 Å². The van der Waals surface area contributed by atoms with Crippen molar-refractivity contribution in [1.82, 2.24) is 9.78 Å². The highest BCUT2D eigenvalue weighted by atomic mass is 35.5. The molecule has 0 aliphatic rings. The summed E-state index contributed by atoms with van der Waals surface area (Å²) < 4.78 is 1.54. The van der Waals surface area contributed by atoms with Crippen LogP contribution in [0.4, 0.5) is 5.69 Å². The third-order valence-corrected chi connectivity index (χ3v) is 2.63. The Morgan fingerprint density at radius 1 is 1.56 bits per heavy atom. The molecule has 0 bridgehead atoms. The van der Waals surface area contributed by atoms with Crippen LogP contribution in [0.15, 0.2) is 30.6 Å². The van der Waals surface area contributed by atoms with Crippen LogP contribution >= 0.6 is 11.6 Å². The van der Waals surface area contributed by atoms with Crippen LogP contribution in [0.5, 0.6) is 0 Å². The predicted octanol–water partition coefficient (Wildman–Crippen LogP) is 2.20. The molecule has 18 heavy (non-hydrogen) atoms. The molecular weight excluding hydrogens is 252 g/mol. The molecule has 1 amide bonds. The minimum absolute atomic E-state index is 0.297. The average Bonchev–Trinajstić information content (AvgIpc) is 2.78. The summed E-state index contributed by atoms with van der Waals surface area (Å²) in [6, 6.07) is 6.65. The lowest BCUT2D eigenvalue weighted by atomic mass is 10.2.